The van der Waals surface area contributed by atoms with Crippen LogP contribution in [-0.2, 0) is 9.53 Å². The fraction of sp³-hybridized carbons (Fsp3) is 0.667. The number of hydrogen-bond donors (Lipinski definition) is 3. The van der Waals surface area contributed by atoms with Crippen molar-refractivity contribution >= 4 is 42.1 Å². The van der Waals surface area contributed by atoms with Crippen LogP contribution in [0.4, 0.5) is 11.4 Å². The average Bonchev–Trinajstić information content (AvgIpc) is 2.64. The Balaban J connectivity index is 0.00000140. The van der Waals surface area contributed by atoms with Gasteiger partial charge in [-0.25, -0.2) is 0 Å². The molecule has 2 unspecified atom stereocenters. The molecule has 4 rings (SSSR count). The van der Waals surface area contributed by atoms with Crippen LogP contribution in [-0.4, -0.2) is 31.2 Å². The molecular formula is C21H33Cl2N3O2. The molecule has 1 aromatic carbocycles. The monoisotopic (exact) mass is 429 g/mol. The van der Waals surface area contributed by atoms with Crippen molar-refractivity contribution < 1.29 is 9.53 Å². The predicted molar refractivity (Wildman–Crippen MR) is 119 cm³/mol. The average molecular weight is 430 g/mol. The summed E-state index contributed by atoms with van der Waals surface area (Å²) in [7, 11) is 0. The largest absolute Gasteiger partial charge is 0.382 e. The first-order valence-electron chi connectivity index (χ1n) is 10.2. The Morgan fingerprint density at radius 1 is 0.929 bits per heavy atom. The van der Waals surface area contributed by atoms with Gasteiger partial charge in [0.1, 0.15) is 0 Å². The first-order valence-corrected chi connectivity index (χ1v) is 10.2. The third-order valence-electron chi connectivity index (χ3n) is 6.53. The molecule has 5 nitrogen and oxygen atoms in total. The first-order chi connectivity index (χ1) is 12.7. The van der Waals surface area contributed by atoms with Crippen molar-refractivity contribution in [3.63, 3.8) is 0 Å². The van der Waals surface area contributed by atoms with Crippen LogP contribution in [0.25, 0.3) is 0 Å². The Morgan fingerprint density at radius 2 is 1.50 bits per heavy atom. The number of nitrogens with two attached hydrogens (primary N) is 1. The number of benzene rings is 1. The molecule has 1 aliphatic heterocycles. The van der Waals surface area contributed by atoms with Crippen molar-refractivity contribution in [1.29, 1.82) is 0 Å². The molecule has 1 amide bonds. The zero-order valence-corrected chi connectivity index (χ0v) is 17.9. The maximum atomic E-state index is 12.7. The highest BCUT2D eigenvalue weighted by atomic mass is 35.5. The lowest BCUT2D eigenvalue weighted by Crippen LogP contribution is -2.48. The second kappa shape index (κ2) is 10.7. The molecule has 3 fully saturated rings. The van der Waals surface area contributed by atoms with Gasteiger partial charge in [0.05, 0.1) is 0 Å². The lowest BCUT2D eigenvalue weighted by atomic mass is 9.65. The Labute approximate surface area is 180 Å². The van der Waals surface area contributed by atoms with E-state index >= 15 is 0 Å². The van der Waals surface area contributed by atoms with Crippen LogP contribution in [0.15, 0.2) is 24.3 Å². The number of hydrogen-bond acceptors (Lipinski definition) is 4. The van der Waals surface area contributed by atoms with Crippen LogP contribution in [0, 0.1) is 17.8 Å². The van der Waals surface area contributed by atoms with Gasteiger partial charge in [-0.15, -0.1) is 24.8 Å². The summed E-state index contributed by atoms with van der Waals surface area (Å²) in [5, 5.41) is 6.67. The van der Waals surface area contributed by atoms with Gasteiger partial charge < -0.3 is 21.1 Å². The van der Waals surface area contributed by atoms with Gasteiger partial charge in [-0.3, -0.25) is 4.79 Å². The fourth-order valence-corrected chi connectivity index (χ4v) is 4.97. The van der Waals surface area contributed by atoms with E-state index in [1.165, 1.54) is 19.3 Å². The summed E-state index contributed by atoms with van der Waals surface area (Å²) in [5.41, 5.74) is 8.33. The fourth-order valence-electron chi connectivity index (χ4n) is 4.97. The molecule has 0 radical (unpaired) electrons. The van der Waals surface area contributed by atoms with Crippen LogP contribution < -0.4 is 16.4 Å². The summed E-state index contributed by atoms with van der Waals surface area (Å²) in [6, 6.07) is 8.88. The SMILES string of the molecule is Cl.Cl.NC1C2CCCC1CC(C(=O)Nc1ccc(NC3CCOCC3)cc1)C2. The molecule has 28 heavy (non-hydrogen) atoms. The summed E-state index contributed by atoms with van der Waals surface area (Å²) in [4.78, 5) is 12.7. The molecule has 1 saturated heterocycles. The summed E-state index contributed by atoms with van der Waals surface area (Å²) < 4.78 is 5.40. The molecular weight excluding hydrogens is 397 g/mol. The van der Waals surface area contributed by atoms with Crippen molar-refractivity contribution in [2.24, 2.45) is 23.5 Å². The number of anilines is 2. The highest BCUT2D eigenvalue weighted by molar-refractivity contribution is 5.92. The normalized spacial score (nSPS) is 29.8. The van der Waals surface area contributed by atoms with E-state index in [-0.39, 0.29) is 36.6 Å². The predicted octanol–water partition coefficient (Wildman–Crippen LogP) is 4.21. The second-order valence-electron chi connectivity index (χ2n) is 8.29. The van der Waals surface area contributed by atoms with Crippen molar-refractivity contribution in [1.82, 2.24) is 0 Å². The maximum Gasteiger partial charge on any atom is 0.227 e. The van der Waals surface area contributed by atoms with E-state index in [9.17, 15) is 4.79 Å². The number of rotatable bonds is 4. The number of amides is 1. The van der Waals surface area contributed by atoms with Gasteiger partial charge in [0, 0.05) is 42.6 Å². The number of fused-ring (bicyclic) bond motifs is 2. The molecule has 158 valence electrons. The van der Waals surface area contributed by atoms with Crippen molar-refractivity contribution in [3.05, 3.63) is 24.3 Å². The number of carbonyl (C=O) groups is 1. The first kappa shape index (κ1) is 23.3. The smallest absolute Gasteiger partial charge is 0.227 e. The van der Waals surface area contributed by atoms with Crippen molar-refractivity contribution in [2.75, 3.05) is 23.8 Å². The second-order valence-corrected chi connectivity index (χ2v) is 8.29. The van der Waals surface area contributed by atoms with E-state index in [0.717, 1.165) is 50.3 Å². The Bertz CT molecular complexity index is 609. The lowest BCUT2D eigenvalue weighted by molar-refractivity contribution is -0.122. The third kappa shape index (κ3) is 5.53. The highest BCUT2D eigenvalue weighted by Gasteiger charge is 2.40. The van der Waals surface area contributed by atoms with E-state index < -0.39 is 0 Å². The molecule has 1 heterocycles. The van der Waals surface area contributed by atoms with E-state index in [1.54, 1.807) is 0 Å². The molecule has 0 spiro atoms. The minimum atomic E-state index is 0. The molecule has 2 saturated carbocycles. The minimum Gasteiger partial charge on any atom is -0.382 e. The van der Waals surface area contributed by atoms with E-state index in [1.807, 2.05) is 12.1 Å². The zero-order chi connectivity index (χ0) is 17.9. The number of ether oxygens (including phenoxy) is 1. The summed E-state index contributed by atoms with van der Waals surface area (Å²) in [6.45, 7) is 1.66. The third-order valence-corrected chi connectivity index (χ3v) is 6.53. The van der Waals surface area contributed by atoms with Crippen LogP contribution in [0.1, 0.15) is 44.9 Å². The molecule has 7 heteroatoms. The summed E-state index contributed by atoms with van der Waals surface area (Å²) >= 11 is 0. The van der Waals surface area contributed by atoms with Gasteiger partial charge in [0.15, 0.2) is 0 Å². The van der Waals surface area contributed by atoms with Crippen molar-refractivity contribution in [3.8, 4) is 0 Å². The summed E-state index contributed by atoms with van der Waals surface area (Å²) in [6.07, 6.45) is 7.65. The van der Waals surface area contributed by atoms with Gasteiger partial charge >= 0.3 is 0 Å². The lowest BCUT2D eigenvalue weighted by Gasteiger charge is -2.43. The van der Waals surface area contributed by atoms with Crippen LogP contribution in [0.5, 0.6) is 0 Å². The van der Waals surface area contributed by atoms with E-state index in [4.69, 9.17) is 10.5 Å². The zero-order valence-electron chi connectivity index (χ0n) is 16.3. The van der Waals surface area contributed by atoms with Crippen LogP contribution >= 0.6 is 24.8 Å². The number of nitrogens with one attached hydrogen (secondary N) is 2. The topological polar surface area (TPSA) is 76.4 Å². The van der Waals surface area contributed by atoms with Gasteiger partial charge in [0.2, 0.25) is 5.91 Å². The maximum absolute atomic E-state index is 12.7. The number of halogens is 2. The van der Waals surface area contributed by atoms with Crippen molar-refractivity contribution in [2.45, 2.75) is 57.0 Å². The molecule has 0 aromatic heterocycles. The molecule has 4 N–H and O–H groups in total. The molecule has 3 aliphatic rings. The standard InChI is InChI=1S/C21H31N3O2.2ClH/c22-20-14-2-1-3-15(20)13-16(12-14)21(25)24-18-6-4-17(5-7-18)23-19-8-10-26-11-9-19;;/h4-7,14-16,19-20,23H,1-3,8-13,22H2,(H,24,25);2*1H. The molecule has 2 bridgehead atoms. The van der Waals surface area contributed by atoms with Gasteiger partial charge in [-0.2, -0.15) is 0 Å². The molecule has 1 aromatic rings. The quantitative estimate of drug-likeness (QED) is 0.669. The minimum absolute atomic E-state index is 0. The van der Waals surface area contributed by atoms with Gasteiger partial charge in [-0.05, 0) is 74.6 Å². The van der Waals surface area contributed by atoms with Gasteiger partial charge in [0.25, 0.3) is 0 Å². The molecule has 2 aliphatic carbocycles. The van der Waals surface area contributed by atoms with Crippen LogP contribution in [0.2, 0.25) is 0 Å². The summed E-state index contributed by atoms with van der Waals surface area (Å²) in [5.74, 6) is 1.35. The van der Waals surface area contributed by atoms with Gasteiger partial charge in [-0.1, -0.05) is 6.42 Å². The number of carbonyl (C=O) groups excluding carboxylic acids is 1. The molecule has 2 atom stereocenters. The Hall–Kier alpha value is -1.01. The van der Waals surface area contributed by atoms with Crippen LogP contribution in [0.3, 0.4) is 0 Å². The highest BCUT2D eigenvalue weighted by Crippen LogP contribution is 2.42. The van der Waals surface area contributed by atoms with E-state index in [0.29, 0.717) is 23.9 Å². The van der Waals surface area contributed by atoms with E-state index in [2.05, 4.69) is 22.8 Å². The Morgan fingerprint density at radius 3 is 2.11 bits per heavy atom. The Kier molecular flexibility index (Phi) is 8.87.